The van der Waals surface area contributed by atoms with Crippen LogP contribution >= 0.6 is 18.5 Å². The summed E-state index contributed by atoms with van der Waals surface area (Å²) < 4.78 is 0. The summed E-state index contributed by atoms with van der Waals surface area (Å²) in [7, 11) is 5.58. The highest BCUT2D eigenvalue weighted by Gasteiger charge is 1.89. The van der Waals surface area contributed by atoms with E-state index in [0.29, 0.717) is 0 Å². The molecule has 0 aromatic rings. The van der Waals surface area contributed by atoms with Crippen molar-refractivity contribution in [1.82, 2.24) is 0 Å². The molecule has 2 unspecified atom stereocenters. The standard InChI is InChI=1S/C9H22P2/c10-8-6-4-2-1-3-5-7-9-11/h1-11H2. The monoisotopic (exact) mass is 192 g/mol. The molecule has 11 heavy (non-hydrogen) atoms. The summed E-state index contributed by atoms with van der Waals surface area (Å²) in [5, 5.41) is 0. The van der Waals surface area contributed by atoms with Crippen LogP contribution in [0.4, 0.5) is 0 Å². The van der Waals surface area contributed by atoms with Crippen LogP contribution in [0.2, 0.25) is 0 Å². The van der Waals surface area contributed by atoms with Crippen molar-refractivity contribution in [2.75, 3.05) is 12.3 Å². The molecule has 0 heterocycles. The number of rotatable bonds is 8. The predicted octanol–water partition coefficient (Wildman–Crippen LogP) is 3.47. The molecule has 0 saturated carbocycles. The SMILES string of the molecule is PCCCCCCCCCP. The van der Waals surface area contributed by atoms with E-state index in [2.05, 4.69) is 18.5 Å². The Morgan fingerprint density at radius 3 is 1.00 bits per heavy atom. The highest BCUT2D eigenvalue weighted by atomic mass is 31.0. The maximum absolute atomic E-state index is 2.79. The first-order valence-electron chi connectivity index (χ1n) is 4.82. The number of hydrogen-bond acceptors (Lipinski definition) is 0. The summed E-state index contributed by atoms with van der Waals surface area (Å²) in [5.74, 6) is 0. The lowest BCUT2D eigenvalue weighted by atomic mass is 10.1. The molecule has 0 aliphatic heterocycles. The molecule has 0 nitrogen and oxygen atoms in total. The Labute approximate surface area is 76.3 Å². The van der Waals surface area contributed by atoms with Crippen molar-refractivity contribution in [3.63, 3.8) is 0 Å². The third-order valence-corrected chi connectivity index (χ3v) is 2.72. The van der Waals surface area contributed by atoms with Crippen molar-refractivity contribution < 1.29 is 0 Å². The Morgan fingerprint density at radius 1 is 0.455 bits per heavy atom. The Hall–Kier alpha value is 0.860. The topological polar surface area (TPSA) is 0 Å². The molecule has 0 aromatic heterocycles. The minimum Gasteiger partial charge on any atom is -0.138 e. The lowest BCUT2D eigenvalue weighted by Gasteiger charge is -1.98. The molecule has 0 radical (unpaired) electrons. The van der Waals surface area contributed by atoms with Crippen molar-refractivity contribution in [3.8, 4) is 0 Å². The van der Waals surface area contributed by atoms with Gasteiger partial charge in [0.1, 0.15) is 0 Å². The molecule has 0 aliphatic rings. The van der Waals surface area contributed by atoms with E-state index in [1.54, 1.807) is 0 Å². The van der Waals surface area contributed by atoms with Gasteiger partial charge in [-0.05, 0) is 25.2 Å². The van der Waals surface area contributed by atoms with E-state index in [1.807, 2.05) is 0 Å². The molecule has 2 atom stereocenters. The molecule has 0 bridgehead atoms. The molecule has 0 saturated heterocycles. The van der Waals surface area contributed by atoms with Crippen LogP contribution in [0.5, 0.6) is 0 Å². The summed E-state index contributed by atoms with van der Waals surface area (Å²) in [6.07, 6.45) is 12.6. The lowest BCUT2D eigenvalue weighted by Crippen LogP contribution is -1.81. The quantitative estimate of drug-likeness (QED) is 0.408. The van der Waals surface area contributed by atoms with E-state index in [0.717, 1.165) is 0 Å². The van der Waals surface area contributed by atoms with Crippen LogP contribution in [0.3, 0.4) is 0 Å². The molecule has 0 aromatic carbocycles. The largest absolute Gasteiger partial charge is 0.138 e. The van der Waals surface area contributed by atoms with E-state index in [4.69, 9.17) is 0 Å². The summed E-state index contributed by atoms with van der Waals surface area (Å²) in [5.41, 5.74) is 0. The van der Waals surface area contributed by atoms with Gasteiger partial charge in [-0.1, -0.05) is 32.1 Å². The van der Waals surface area contributed by atoms with Gasteiger partial charge in [-0.3, -0.25) is 0 Å². The second kappa shape index (κ2) is 10.9. The normalized spacial score (nSPS) is 10.4. The van der Waals surface area contributed by atoms with Gasteiger partial charge in [0.25, 0.3) is 0 Å². The highest BCUT2D eigenvalue weighted by molar-refractivity contribution is 7.16. The Balaban J connectivity index is 2.69. The first-order valence-corrected chi connectivity index (χ1v) is 6.45. The average Bonchev–Trinajstić information content (AvgIpc) is 2.03. The van der Waals surface area contributed by atoms with Crippen LogP contribution in [-0.2, 0) is 0 Å². The van der Waals surface area contributed by atoms with Crippen LogP contribution in [0, 0.1) is 0 Å². The molecule has 0 amide bonds. The zero-order chi connectivity index (χ0) is 8.36. The van der Waals surface area contributed by atoms with E-state index >= 15 is 0 Å². The minimum absolute atomic E-state index is 1.28. The smallest absolute Gasteiger partial charge is 0.0381 e. The van der Waals surface area contributed by atoms with Crippen molar-refractivity contribution in [1.29, 1.82) is 0 Å². The zero-order valence-corrected chi connectivity index (χ0v) is 9.83. The third kappa shape index (κ3) is 10.9. The fraction of sp³-hybridized carbons (Fsp3) is 1.00. The van der Waals surface area contributed by atoms with Gasteiger partial charge in [0.2, 0.25) is 0 Å². The second-order valence-electron chi connectivity index (χ2n) is 3.05. The fourth-order valence-electron chi connectivity index (χ4n) is 1.17. The van der Waals surface area contributed by atoms with Crippen LogP contribution in [0.1, 0.15) is 44.9 Å². The molecular formula is C9H22P2. The fourth-order valence-corrected chi connectivity index (χ4v) is 1.75. The molecule has 2 heteroatoms. The molecule has 0 rings (SSSR count). The highest BCUT2D eigenvalue weighted by Crippen LogP contribution is 2.08. The summed E-state index contributed by atoms with van der Waals surface area (Å²) in [4.78, 5) is 0. The molecule has 68 valence electrons. The van der Waals surface area contributed by atoms with Crippen LogP contribution in [0.25, 0.3) is 0 Å². The Morgan fingerprint density at radius 2 is 0.727 bits per heavy atom. The summed E-state index contributed by atoms with van der Waals surface area (Å²) >= 11 is 0. The van der Waals surface area contributed by atoms with Gasteiger partial charge in [0.05, 0.1) is 0 Å². The zero-order valence-electron chi connectivity index (χ0n) is 7.52. The summed E-state index contributed by atoms with van der Waals surface area (Å²) in [6, 6.07) is 0. The number of unbranched alkanes of at least 4 members (excludes halogenated alkanes) is 6. The van der Waals surface area contributed by atoms with Gasteiger partial charge in [0, 0.05) is 0 Å². The Bertz CT molecular complexity index is 56.6. The molecule has 0 fully saturated rings. The van der Waals surface area contributed by atoms with Crippen LogP contribution in [0.15, 0.2) is 0 Å². The van der Waals surface area contributed by atoms with E-state index < -0.39 is 0 Å². The summed E-state index contributed by atoms with van der Waals surface area (Å²) in [6.45, 7) is 0. The van der Waals surface area contributed by atoms with Gasteiger partial charge in [-0.15, -0.1) is 18.5 Å². The van der Waals surface area contributed by atoms with E-state index in [-0.39, 0.29) is 0 Å². The van der Waals surface area contributed by atoms with Gasteiger partial charge in [0.15, 0.2) is 0 Å². The van der Waals surface area contributed by atoms with Crippen molar-refractivity contribution in [2.24, 2.45) is 0 Å². The molecule has 0 N–H and O–H groups in total. The van der Waals surface area contributed by atoms with E-state index in [1.165, 1.54) is 57.3 Å². The molecular weight excluding hydrogens is 170 g/mol. The van der Waals surface area contributed by atoms with Crippen LogP contribution < -0.4 is 0 Å². The van der Waals surface area contributed by atoms with Crippen molar-refractivity contribution in [3.05, 3.63) is 0 Å². The first-order chi connectivity index (χ1) is 5.41. The van der Waals surface area contributed by atoms with Crippen molar-refractivity contribution in [2.45, 2.75) is 44.9 Å². The average molecular weight is 192 g/mol. The maximum atomic E-state index is 2.79. The van der Waals surface area contributed by atoms with Gasteiger partial charge >= 0.3 is 0 Å². The predicted molar refractivity (Wildman–Crippen MR) is 61.5 cm³/mol. The van der Waals surface area contributed by atoms with Gasteiger partial charge in [-0.25, -0.2) is 0 Å². The maximum Gasteiger partial charge on any atom is -0.0381 e. The van der Waals surface area contributed by atoms with E-state index in [9.17, 15) is 0 Å². The molecule has 0 aliphatic carbocycles. The van der Waals surface area contributed by atoms with Gasteiger partial charge in [-0.2, -0.15) is 0 Å². The van der Waals surface area contributed by atoms with Gasteiger partial charge < -0.3 is 0 Å². The minimum atomic E-state index is 1.28. The third-order valence-electron chi connectivity index (χ3n) is 1.91. The number of hydrogen-bond donors (Lipinski definition) is 0. The van der Waals surface area contributed by atoms with Crippen molar-refractivity contribution >= 4 is 18.5 Å². The lowest BCUT2D eigenvalue weighted by molar-refractivity contribution is 0.605. The first kappa shape index (κ1) is 11.9. The second-order valence-corrected chi connectivity index (χ2v) is 4.21. The Kier molecular flexibility index (Phi) is 11.7. The molecule has 0 spiro atoms. The van der Waals surface area contributed by atoms with Crippen LogP contribution in [-0.4, -0.2) is 12.3 Å².